The lowest BCUT2D eigenvalue weighted by Gasteiger charge is -2.14. The number of para-hydroxylation sites is 1. The summed E-state index contributed by atoms with van der Waals surface area (Å²) in [4.78, 5) is 14.2. The first-order valence-corrected chi connectivity index (χ1v) is 19.9. The van der Waals surface area contributed by atoms with Crippen molar-refractivity contribution in [3.63, 3.8) is 0 Å². The first-order valence-electron chi connectivity index (χ1n) is 19.9. The first kappa shape index (κ1) is 37.1. The SMILES string of the molecule is C1=CC(C2=CCc3c(n(-c4ccc5oc6cc(-c7ccccn7)c(-c7ccccn7)cc6c5c4)c4ccccc34)CC2)=C(c2ccccn2)C=CC1.C=CC.CC. The molecule has 0 spiro atoms. The van der Waals surface area contributed by atoms with E-state index < -0.39 is 0 Å². The molecule has 280 valence electrons. The van der Waals surface area contributed by atoms with Crippen molar-refractivity contribution in [1.29, 1.82) is 0 Å². The average molecular weight is 743 g/mol. The molecule has 10 rings (SSSR count). The minimum Gasteiger partial charge on any atom is -0.456 e. The van der Waals surface area contributed by atoms with Gasteiger partial charge >= 0.3 is 0 Å². The van der Waals surface area contributed by atoms with Crippen LogP contribution in [0.25, 0.3) is 66.6 Å². The number of benzene rings is 3. The first-order chi connectivity index (χ1) is 28.2. The molecule has 0 bridgehead atoms. The van der Waals surface area contributed by atoms with Gasteiger partial charge < -0.3 is 8.98 Å². The molecule has 3 aromatic carbocycles. The predicted octanol–water partition coefficient (Wildman–Crippen LogP) is 13.7. The summed E-state index contributed by atoms with van der Waals surface area (Å²) in [7, 11) is 0. The average Bonchev–Trinajstić information content (AvgIpc) is 3.54. The van der Waals surface area contributed by atoms with Crippen LogP contribution in [-0.2, 0) is 12.8 Å². The van der Waals surface area contributed by atoms with Crippen LogP contribution < -0.4 is 0 Å². The van der Waals surface area contributed by atoms with Gasteiger partial charge in [0.15, 0.2) is 0 Å². The minimum absolute atomic E-state index is 0.833. The molecular weight excluding hydrogens is 697 g/mol. The van der Waals surface area contributed by atoms with Crippen LogP contribution in [-0.4, -0.2) is 19.5 Å². The van der Waals surface area contributed by atoms with Gasteiger partial charge in [0.2, 0.25) is 0 Å². The highest BCUT2D eigenvalue weighted by atomic mass is 16.3. The Labute approximate surface area is 334 Å². The summed E-state index contributed by atoms with van der Waals surface area (Å²) in [5, 5.41) is 3.45. The smallest absolute Gasteiger partial charge is 0.136 e. The maximum atomic E-state index is 6.55. The zero-order valence-electron chi connectivity index (χ0n) is 32.8. The maximum absolute atomic E-state index is 6.55. The quantitative estimate of drug-likeness (QED) is 0.165. The summed E-state index contributed by atoms with van der Waals surface area (Å²) in [6, 6.07) is 38.0. The van der Waals surface area contributed by atoms with Crippen LogP contribution in [0.5, 0.6) is 0 Å². The third-order valence-corrected chi connectivity index (χ3v) is 10.4. The van der Waals surface area contributed by atoms with E-state index in [1.54, 1.807) is 6.08 Å². The maximum Gasteiger partial charge on any atom is 0.136 e. The fourth-order valence-electron chi connectivity index (χ4n) is 8.04. The van der Waals surface area contributed by atoms with Crippen LogP contribution in [0.2, 0.25) is 0 Å². The number of furan rings is 1. The molecule has 5 heteroatoms. The zero-order chi connectivity index (χ0) is 39.1. The fourth-order valence-corrected chi connectivity index (χ4v) is 8.04. The van der Waals surface area contributed by atoms with Crippen LogP contribution in [0.4, 0.5) is 0 Å². The second-order valence-electron chi connectivity index (χ2n) is 13.8. The van der Waals surface area contributed by atoms with E-state index in [0.717, 1.165) is 81.5 Å². The number of allylic oxidation sites excluding steroid dienone is 9. The van der Waals surface area contributed by atoms with Gasteiger partial charge in [-0.05, 0) is 122 Å². The van der Waals surface area contributed by atoms with Crippen molar-refractivity contribution in [3.8, 4) is 28.2 Å². The molecule has 0 N–H and O–H groups in total. The number of rotatable bonds is 5. The topological polar surface area (TPSA) is 56.7 Å². The monoisotopic (exact) mass is 742 g/mol. The van der Waals surface area contributed by atoms with Gasteiger partial charge in [0.1, 0.15) is 11.2 Å². The molecule has 5 nitrogen and oxygen atoms in total. The summed E-state index contributed by atoms with van der Waals surface area (Å²) >= 11 is 0. The highest BCUT2D eigenvalue weighted by molar-refractivity contribution is 6.09. The van der Waals surface area contributed by atoms with Crippen molar-refractivity contribution in [2.45, 2.75) is 46.5 Å². The number of pyridine rings is 3. The van der Waals surface area contributed by atoms with Crippen molar-refractivity contribution in [2.75, 3.05) is 0 Å². The number of nitrogens with zero attached hydrogens (tertiary/aromatic N) is 4. The van der Waals surface area contributed by atoms with E-state index in [4.69, 9.17) is 19.4 Å². The van der Waals surface area contributed by atoms with Gasteiger partial charge in [-0.15, -0.1) is 6.58 Å². The number of aromatic nitrogens is 4. The molecule has 2 aliphatic carbocycles. The van der Waals surface area contributed by atoms with Crippen LogP contribution in [0.1, 0.15) is 50.6 Å². The van der Waals surface area contributed by atoms with Crippen LogP contribution >= 0.6 is 0 Å². The van der Waals surface area contributed by atoms with E-state index in [1.165, 1.54) is 38.9 Å². The van der Waals surface area contributed by atoms with E-state index in [1.807, 2.05) is 75.8 Å². The van der Waals surface area contributed by atoms with E-state index >= 15 is 0 Å². The molecule has 0 unspecified atom stereocenters. The van der Waals surface area contributed by atoms with Gasteiger partial charge in [-0.2, -0.15) is 0 Å². The molecule has 2 aliphatic rings. The van der Waals surface area contributed by atoms with Gasteiger partial charge in [-0.1, -0.05) is 86.7 Å². The lowest BCUT2D eigenvalue weighted by Crippen LogP contribution is -2.02. The van der Waals surface area contributed by atoms with Gasteiger partial charge in [-0.25, -0.2) is 0 Å². The third kappa shape index (κ3) is 7.20. The van der Waals surface area contributed by atoms with Crippen LogP contribution in [0.15, 0.2) is 186 Å². The van der Waals surface area contributed by atoms with Crippen molar-refractivity contribution < 1.29 is 4.42 Å². The minimum atomic E-state index is 0.833. The Balaban J connectivity index is 0.000000871. The summed E-state index contributed by atoms with van der Waals surface area (Å²) in [6.07, 6.45) is 22.4. The van der Waals surface area contributed by atoms with Gasteiger partial charge in [0.05, 0.1) is 22.6 Å². The van der Waals surface area contributed by atoms with Crippen molar-refractivity contribution in [1.82, 2.24) is 19.5 Å². The Hall–Kier alpha value is -6.85. The molecule has 0 aliphatic heterocycles. The molecule has 0 saturated heterocycles. The van der Waals surface area contributed by atoms with E-state index in [9.17, 15) is 0 Å². The van der Waals surface area contributed by atoms with Crippen LogP contribution in [0.3, 0.4) is 0 Å². The standard InChI is InChI=1S/C47H34N4O.C3H6.C2H6/c1-2-12-33(34(13-3-1)41-15-6-9-25-48-41)31-19-22-36-35-14-4-5-18-44(35)51(45(36)23-20-31)32-21-24-46-39(28-32)40-29-37(42-16-7-10-26-49-42)38(30-47(40)52-46)43-17-8-11-27-50-43;1-3-2;1-2/h2-19,21,24-30H,1,20,22-23H2;3H,1H2,2H3;1-2H3. The lowest BCUT2D eigenvalue weighted by molar-refractivity contribution is 0.669. The molecule has 0 radical (unpaired) electrons. The summed E-state index contributed by atoms with van der Waals surface area (Å²) in [5.74, 6) is 0. The predicted molar refractivity (Wildman–Crippen MR) is 238 cm³/mol. The lowest BCUT2D eigenvalue weighted by atomic mass is 9.94. The summed E-state index contributed by atoms with van der Waals surface area (Å²) in [5.41, 5.74) is 15.5. The molecule has 5 aromatic heterocycles. The Kier molecular flexibility index (Phi) is 11.0. The molecule has 0 fully saturated rings. The molecule has 8 aromatic rings. The van der Waals surface area contributed by atoms with E-state index in [-0.39, 0.29) is 0 Å². The van der Waals surface area contributed by atoms with Crippen molar-refractivity contribution in [3.05, 3.63) is 199 Å². The largest absolute Gasteiger partial charge is 0.456 e. The summed E-state index contributed by atoms with van der Waals surface area (Å²) < 4.78 is 9.03. The zero-order valence-corrected chi connectivity index (χ0v) is 32.8. The van der Waals surface area contributed by atoms with Crippen molar-refractivity contribution in [2.24, 2.45) is 0 Å². The Morgan fingerprint density at radius 2 is 1.25 bits per heavy atom. The molecule has 0 amide bonds. The highest BCUT2D eigenvalue weighted by Gasteiger charge is 2.23. The highest BCUT2D eigenvalue weighted by Crippen LogP contribution is 2.41. The van der Waals surface area contributed by atoms with E-state index in [0.29, 0.717) is 0 Å². The molecular formula is C52H46N4O. The number of hydrogen-bond acceptors (Lipinski definition) is 4. The van der Waals surface area contributed by atoms with E-state index in [2.05, 4.69) is 114 Å². The second-order valence-corrected chi connectivity index (χ2v) is 13.8. The van der Waals surface area contributed by atoms with Crippen molar-refractivity contribution >= 4 is 38.4 Å². The van der Waals surface area contributed by atoms with Gasteiger partial charge in [-0.3, -0.25) is 15.0 Å². The Bertz CT molecular complexity index is 2820. The number of hydrogen-bond donors (Lipinski definition) is 0. The second kappa shape index (κ2) is 16.9. The normalized spacial score (nSPS) is 13.6. The molecule has 0 saturated carbocycles. The molecule has 57 heavy (non-hydrogen) atoms. The molecule has 0 atom stereocenters. The summed E-state index contributed by atoms with van der Waals surface area (Å²) in [6.45, 7) is 9.25. The fraction of sp³-hybridized carbons (Fsp3) is 0.135. The van der Waals surface area contributed by atoms with Gasteiger partial charge in [0.25, 0.3) is 0 Å². The number of fused-ring (bicyclic) bond motifs is 6. The van der Waals surface area contributed by atoms with Crippen LogP contribution in [0, 0.1) is 0 Å². The Morgan fingerprint density at radius 3 is 1.93 bits per heavy atom. The van der Waals surface area contributed by atoms with Gasteiger partial charge in [0, 0.05) is 62.8 Å². The molecule has 5 heterocycles. The third-order valence-electron chi connectivity index (χ3n) is 10.4. The Morgan fingerprint density at radius 1 is 0.632 bits per heavy atom.